The highest BCUT2D eigenvalue weighted by atomic mass is 16.5. The maximum Gasteiger partial charge on any atom is 0.195 e. The maximum absolute atomic E-state index is 11.9. The van der Waals surface area contributed by atoms with Crippen LogP contribution in [0.4, 0.5) is 0 Å². The second-order valence-electron chi connectivity index (χ2n) is 3.51. The highest BCUT2D eigenvalue weighted by Crippen LogP contribution is 2.33. The van der Waals surface area contributed by atoms with Crippen LogP contribution in [0.25, 0.3) is 0 Å². The molecule has 5 heteroatoms. The molecular weight excluding hydrogens is 236 g/mol. The van der Waals surface area contributed by atoms with Crippen molar-refractivity contribution < 1.29 is 24.1 Å². The molecule has 0 heterocycles. The molecule has 0 unspecified atom stereocenters. The van der Waals surface area contributed by atoms with E-state index >= 15 is 0 Å². The Bertz CT molecular complexity index is 414. The fraction of sp³-hybridized carbons (Fsp3) is 0.462. The molecule has 5 nitrogen and oxygen atoms in total. The smallest absolute Gasteiger partial charge is 0.195 e. The van der Waals surface area contributed by atoms with Crippen LogP contribution in [-0.2, 0) is 4.74 Å². The van der Waals surface area contributed by atoms with Gasteiger partial charge in [0, 0.05) is 18.7 Å². The van der Waals surface area contributed by atoms with Gasteiger partial charge in [0.1, 0.15) is 29.4 Å². The van der Waals surface area contributed by atoms with Crippen molar-refractivity contribution in [2.24, 2.45) is 0 Å². The van der Waals surface area contributed by atoms with Gasteiger partial charge in [0.15, 0.2) is 5.78 Å². The van der Waals surface area contributed by atoms with E-state index in [-0.39, 0.29) is 23.7 Å². The van der Waals surface area contributed by atoms with Gasteiger partial charge in [-0.2, -0.15) is 0 Å². The molecule has 0 saturated heterocycles. The first-order valence-electron chi connectivity index (χ1n) is 5.78. The van der Waals surface area contributed by atoms with E-state index in [1.54, 1.807) is 19.9 Å². The van der Waals surface area contributed by atoms with Gasteiger partial charge in [0.2, 0.25) is 0 Å². The molecule has 0 aromatic heterocycles. The molecule has 0 aliphatic heterocycles. The molecule has 0 bridgehead atoms. The zero-order valence-corrected chi connectivity index (χ0v) is 10.9. The average Bonchev–Trinajstić information content (AvgIpc) is 2.35. The van der Waals surface area contributed by atoms with E-state index in [9.17, 15) is 9.90 Å². The first kappa shape index (κ1) is 14.3. The van der Waals surface area contributed by atoms with Crippen LogP contribution in [0.2, 0.25) is 0 Å². The summed E-state index contributed by atoms with van der Waals surface area (Å²) in [5, 5.41) is 9.86. The Morgan fingerprint density at radius 3 is 2.56 bits per heavy atom. The standard InChI is InChI=1S/C13H18O5/c1-4-17-8-11(15)13-10(14)6-9(16-3)7-12(13)18-5-2/h6-7,14H,4-5,8H2,1-3H3. The third-order valence-corrected chi connectivity index (χ3v) is 2.31. The molecule has 1 aromatic carbocycles. The summed E-state index contributed by atoms with van der Waals surface area (Å²) < 4.78 is 15.4. The molecule has 0 fully saturated rings. The van der Waals surface area contributed by atoms with Gasteiger partial charge in [-0.25, -0.2) is 0 Å². The molecule has 18 heavy (non-hydrogen) atoms. The number of hydrogen-bond donors (Lipinski definition) is 1. The lowest BCUT2D eigenvalue weighted by Crippen LogP contribution is -2.11. The molecule has 0 spiro atoms. The van der Waals surface area contributed by atoms with Gasteiger partial charge in [-0.15, -0.1) is 0 Å². The van der Waals surface area contributed by atoms with Crippen molar-refractivity contribution in [2.75, 3.05) is 26.9 Å². The number of phenolic OH excluding ortho intramolecular Hbond substituents is 1. The summed E-state index contributed by atoms with van der Waals surface area (Å²) in [6.07, 6.45) is 0. The number of hydrogen-bond acceptors (Lipinski definition) is 5. The third-order valence-electron chi connectivity index (χ3n) is 2.31. The van der Waals surface area contributed by atoms with Gasteiger partial charge in [-0.05, 0) is 13.8 Å². The fourth-order valence-corrected chi connectivity index (χ4v) is 1.51. The summed E-state index contributed by atoms with van der Waals surface area (Å²) in [6, 6.07) is 2.95. The maximum atomic E-state index is 11.9. The SMILES string of the molecule is CCOCC(=O)c1c(O)cc(OC)cc1OCC. The van der Waals surface area contributed by atoms with Crippen molar-refractivity contribution in [1.82, 2.24) is 0 Å². The van der Waals surface area contributed by atoms with Crippen molar-refractivity contribution >= 4 is 5.78 Å². The minimum absolute atomic E-state index is 0.0868. The molecule has 0 aliphatic carbocycles. The highest BCUT2D eigenvalue weighted by Gasteiger charge is 2.19. The average molecular weight is 254 g/mol. The van der Waals surface area contributed by atoms with Crippen LogP contribution in [0.1, 0.15) is 24.2 Å². The van der Waals surface area contributed by atoms with Gasteiger partial charge in [-0.1, -0.05) is 0 Å². The first-order valence-corrected chi connectivity index (χ1v) is 5.78. The molecule has 1 aromatic rings. The van der Waals surface area contributed by atoms with Crippen LogP contribution in [0.15, 0.2) is 12.1 Å². The number of rotatable bonds is 7. The lowest BCUT2D eigenvalue weighted by Gasteiger charge is -2.13. The minimum Gasteiger partial charge on any atom is -0.507 e. The number of carbonyl (C=O) groups excluding carboxylic acids is 1. The topological polar surface area (TPSA) is 65.0 Å². The quantitative estimate of drug-likeness (QED) is 0.754. The van der Waals surface area contributed by atoms with Crippen molar-refractivity contribution in [3.63, 3.8) is 0 Å². The van der Waals surface area contributed by atoms with Gasteiger partial charge in [-0.3, -0.25) is 4.79 Å². The lowest BCUT2D eigenvalue weighted by molar-refractivity contribution is 0.0776. The molecule has 0 radical (unpaired) electrons. The van der Waals surface area contributed by atoms with E-state index in [0.29, 0.717) is 24.7 Å². The number of ketones is 1. The Morgan fingerprint density at radius 1 is 1.28 bits per heavy atom. The van der Waals surface area contributed by atoms with Gasteiger partial charge in [0.25, 0.3) is 0 Å². The van der Waals surface area contributed by atoms with E-state index in [1.165, 1.54) is 13.2 Å². The second kappa shape index (κ2) is 6.86. The molecule has 0 saturated carbocycles. The normalized spacial score (nSPS) is 10.2. The van der Waals surface area contributed by atoms with E-state index in [4.69, 9.17) is 14.2 Å². The van der Waals surface area contributed by atoms with Crippen LogP contribution in [0, 0.1) is 0 Å². The summed E-state index contributed by atoms with van der Waals surface area (Å²) in [5.74, 6) is 0.255. The number of carbonyl (C=O) groups is 1. The molecule has 100 valence electrons. The van der Waals surface area contributed by atoms with Crippen LogP contribution in [0.3, 0.4) is 0 Å². The minimum atomic E-state index is -0.319. The largest absolute Gasteiger partial charge is 0.507 e. The number of phenols is 1. The molecule has 0 atom stereocenters. The van der Waals surface area contributed by atoms with Crippen LogP contribution >= 0.6 is 0 Å². The van der Waals surface area contributed by atoms with Crippen molar-refractivity contribution in [3.8, 4) is 17.2 Å². The molecule has 1 N–H and O–H groups in total. The summed E-state index contributed by atoms with van der Waals surface area (Å²) in [5.41, 5.74) is 0.131. The first-order chi connectivity index (χ1) is 8.63. The second-order valence-corrected chi connectivity index (χ2v) is 3.51. The lowest BCUT2D eigenvalue weighted by atomic mass is 10.1. The Morgan fingerprint density at radius 2 is 2.00 bits per heavy atom. The zero-order valence-electron chi connectivity index (χ0n) is 10.9. The van der Waals surface area contributed by atoms with E-state index < -0.39 is 0 Å². The third kappa shape index (κ3) is 3.37. The van der Waals surface area contributed by atoms with Gasteiger partial charge < -0.3 is 19.3 Å². The van der Waals surface area contributed by atoms with Crippen molar-refractivity contribution in [1.29, 1.82) is 0 Å². The molecule has 1 rings (SSSR count). The number of ether oxygens (including phenoxy) is 3. The summed E-state index contributed by atoms with van der Waals surface area (Å²) in [4.78, 5) is 11.9. The number of methoxy groups -OCH3 is 1. The molecular formula is C13H18O5. The van der Waals surface area contributed by atoms with Crippen molar-refractivity contribution in [2.45, 2.75) is 13.8 Å². The Labute approximate surface area is 106 Å². The zero-order chi connectivity index (χ0) is 13.5. The number of benzene rings is 1. The monoisotopic (exact) mass is 254 g/mol. The van der Waals surface area contributed by atoms with E-state index in [0.717, 1.165) is 0 Å². The predicted molar refractivity (Wildman–Crippen MR) is 66.7 cm³/mol. The molecule has 0 aliphatic rings. The Kier molecular flexibility index (Phi) is 5.45. The summed E-state index contributed by atoms with van der Waals surface area (Å²) in [6.45, 7) is 4.34. The fourth-order valence-electron chi connectivity index (χ4n) is 1.51. The van der Waals surface area contributed by atoms with Gasteiger partial charge >= 0.3 is 0 Å². The summed E-state index contributed by atoms with van der Waals surface area (Å²) >= 11 is 0. The summed E-state index contributed by atoms with van der Waals surface area (Å²) in [7, 11) is 1.48. The molecule has 0 amide bonds. The van der Waals surface area contributed by atoms with E-state index in [1.807, 2.05) is 0 Å². The Balaban J connectivity index is 3.10. The van der Waals surface area contributed by atoms with Crippen molar-refractivity contribution in [3.05, 3.63) is 17.7 Å². The highest BCUT2D eigenvalue weighted by molar-refractivity contribution is 6.02. The van der Waals surface area contributed by atoms with Gasteiger partial charge in [0.05, 0.1) is 13.7 Å². The Hall–Kier alpha value is -1.75. The van der Waals surface area contributed by atoms with E-state index in [2.05, 4.69) is 0 Å². The number of aromatic hydroxyl groups is 1. The van der Waals surface area contributed by atoms with Crippen LogP contribution in [0.5, 0.6) is 17.2 Å². The number of Topliss-reactive ketones (excluding diaryl/α,β-unsaturated/α-hetero) is 1. The van der Waals surface area contributed by atoms with Crippen LogP contribution < -0.4 is 9.47 Å². The predicted octanol–water partition coefficient (Wildman–Crippen LogP) is 2.02. The van der Waals surface area contributed by atoms with Crippen LogP contribution in [-0.4, -0.2) is 37.8 Å².